The monoisotopic (exact) mass is 362 g/mol. The molecule has 0 radical (unpaired) electrons. The molecule has 1 fully saturated rings. The number of nitrogens with one attached hydrogen (secondary N) is 2. The molecule has 2 aromatic heterocycles. The van der Waals surface area contributed by atoms with Crippen LogP contribution in [0.5, 0.6) is 0 Å². The van der Waals surface area contributed by atoms with Gasteiger partial charge in [-0.15, -0.1) is 0 Å². The molecule has 2 heterocycles. The molecule has 1 saturated carbocycles. The Labute approximate surface area is 157 Å². The van der Waals surface area contributed by atoms with E-state index in [0.29, 0.717) is 30.7 Å². The van der Waals surface area contributed by atoms with E-state index < -0.39 is 0 Å². The number of nitrogens with zero attached hydrogens (tertiary/aromatic N) is 2. The highest BCUT2D eigenvalue weighted by Crippen LogP contribution is 2.32. The Balaban J connectivity index is 1.55. The van der Waals surface area contributed by atoms with E-state index in [1.807, 2.05) is 36.4 Å². The summed E-state index contributed by atoms with van der Waals surface area (Å²) in [6, 6.07) is 13.2. The summed E-state index contributed by atoms with van der Waals surface area (Å²) in [4.78, 5) is 24.8. The zero-order chi connectivity index (χ0) is 18.6. The van der Waals surface area contributed by atoms with Crippen LogP contribution in [0.1, 0.15) is 28.9 Å². The molecule has 1 atom stereocenters. The van der Waals surface area contributed by atoms with Gasteiger partial charge in [0.2, 0.25) is 0 Å². The van der Waals surface area contributed by atoms with Gasteiger partial charge >= 0.3 is 0 Å². The molecule has 6 heteroatoms. The Morgan fingerprint density at radius 1 is 1.15 bits per heavy atom. The Kier molecular flexibility index (Phi) is 4.98. The fraction of sp³-hybridized carbons (Fsp3) is 0.286. The van der Waals surface area contributed by atoms with Gasteiger partial charge in [0, 0.05) is 42.3 Å². The SMILES string of the molecule is O=C(N[C@@H](Cc1ccccn1)C1CC(O)C1)c1ccccc1-c1ncc[nH]1. The van der Waals surface area contributed by atoms with E-state index in [0.717, 1.165) is 11.3 Å². The predicted octanol–water partition coefficient (Wildman–Crippen LogP) is 2.58. The summed E-state index contributed by atoms with van der Waals surface area (Å²) in [7, 11) is 0. The molecular formula is C21H22N4O2. The lowest BCUT2D eigenvalue weighted by Crippen LogP contribution is -2.48. The van der Waals surface area contributed by atoms with Gasteiger partial charge in [0.15, 0.2) is 0 Å². The number of aromatic amines is 1. The van der Waals surface area contributed by atoms with Crippen molar-refractivity contribution in [2.75, 3.05) is 0 Å². The molecule has 0 bridgehead atoms. The minimum Gasteiger partial charge on any atom is -0.393 e. The first kappa shape index (κ1) is 17.4. The van der Waals surface area contributed by atoms with E-state index in [1.54, 1.807) is 24.7 Å². The predicted molar refractivity (Wildman–Crippen MR) is 102 cm³/mol. The van der Waals surface area contributed by atoms with Crippen LogP contribution < -0.4 is 5.32 Å². The molecule has 0 unspecified atom stereocenters. The Morgan fingerprint density at radius 3 is 2.67 bits per heavy atom. The number of amides is 1. The van der Waals surface area contributed by atoms with Crippen LogP contribution >= 0.6 is 0 Å². The third-order valence-electron chi connectivity index (χ3n) is 5.12. The second-order valence-electron chi connectivity index (χ2n) is 6.97. The standard InChI is InChI=1S/C21H22N4O2/c26-16-11-14(12-16)19(13-15-5-3-4-8-22-15)25-21(27)18-7-2-1-6-17(18)20-23-9-10-24-20/h1-10,14,16,19,26H,11-13H2,(H,23,24)(H,25,27)/t14?,16?,19-/m0/s1. The second-order valence-corrected chi connectivity index (χ2v) is 6.97. The summed E-state index contributed by atoms with van der Waals surface area (Å²) < 4.78 is 0. The lowest BCUT2D eigenvalue weighted by atomic mass is 9.75. The van der Waals surface area contributed by atoms with E-state index in [2.05, 4.69) is 20.3 Å². The average molecular weight is 362 g/mol. The molecule has 1 aliphatic rings. The van der Waals surface area contributed by atoms with Gasteiger partial charge in [-0.1, -0.05) is 24.3 Å². The fourth-order valence-electron chi connectivity index (χ4n) is 3.58. The van der Waals surface area contributed by atoms with E-state index in [9.17, 15) is 9.90 Å². The van der Waals surface area contributed by atoms with Crippen molar-refractivity contribution >= 4 is 5.91 Å². The Hall–Kier alpha value is -2.99. The smallest absolute Gasteiger partial charge is 0.252 e. The van der Waals surface area contributed by atoms with Gasteiger partial charge in [-0.3, -0.25) is 9.78 Å². The lowest BCUT2D eigenvalue weighted by Gasteiger charge is -2.38. The first-order valence-electron chi connectivity index (χ1n) is 9.18. The summed E-state index contributed by atoms with van der Waals surface area (Å²) in [6.07, 6.45) is 6.96. The van der Waals surface area contributed by atoms with Crippen molar-refractivity contribution < 1.29 is 9.90 Å². The number of aliphatic hydroxyl groups excluding tert-OH is 1. The number of benzene rings is 1. The third kappa shape index (κ3) is 3.90. The summed E-state index contributed by atoms with van der Waals surface area (Å²) >= 11 is 0. The zero-order valence-electron chi connectivity index (χ0n) is 14.9. The largest absolute Gasteiger partial charge is 0.393 e. The molecule has 0 spiro atoms. The molecule has 6 nitrogen and oxygen atoms in total. The normalized spacial score (nSPS) is 19.9. The molecule has 1 aliphatic carbocycles. The molecule has 3 aromatic rings. The van der Waals surface area contributed by atoms with Crippen molar-refractivity contribution in [1.82, 2.24) is 20.3 Å². The number of hydrogen-bond acceptors (Lipinski definition) is 4. The number of hydrogen-bond donors (Lipinski definition) is 3. The quantitative estimate of drug-likeness (QED) is 0.629. The molecule has 1 aromatic carbocycles. The van der Waals surface area contributed by atoms with Crippen LogP contribution in [0.2, 0.25) is 0 Å². The van der Waals surface area contributed by atoms with Gasteiger partial charge in [0.1, 0.15) is 5.82 Å². The highest BCUT2D eigenvalue weighted by Gasteiger charge is 2.35. The molecule has 1 amide bonds. The Bertz CT molecular complexity index is 890. The number of rotatable bonds is 6. The molecule has 3 N–H and O–H groups in total. The minimum absolute atomic E-state index is 0.0690. The van der Waals surface area contributed by atoms with Gasteiger partial charge in [0.25, 0.3) is 5.91 Å². The maximum Gasteiger partial charge on any atom is 0.252 e. The molecular weight excluding hydrogens is 340 g/mol. The van der Waals surface area contributed by atoms with Crippen LogP contribution in [0, 0.1) is 5.92 Å². The number of carbonyl (C=O) groups is 1. The minimum atomic E-state index is -0.270. The number of carbonyl (C=O) groups excluding carboxylic acids is 1. The van der Waals surface area contributed by atoms with Crippen LogP contribution in [0.4, 0.5) is 0 Å². The Morgan fingerprint density at radius 2 is 1.96 bits per heavy atom. The highest BCUT2D eigenvalue weighted by molar-refractivity contribution is 6.00. The van der Waals surface area contributed by atoms with Gasteiger partial charge in [-0.2, -0.15) is 0 Å². The molecule has 0 saturated heterocycles. The van der Waals surface area contributed by atoms with Crippen molar-refractivity contribution in [3.63, 3.8) is 0 Å². The molecule has 0 aliphatic heterocycles. The number of aromatic nitrogens is 3. The maximum absolute atomic E-state index is 13.1. The summed E-state index contributed by atoms with van der Waals surface area (Å²) in [5, 5.41) is 12.9. The van der Waals surface area contributed by atoms with Crippen LogP contribution in [0.15, 0.2) is 61.1 Å². The van der Waals surface area contributed by atoms with Crippen molar-refractivity contribution in [2.24, 2.45) is 5.92 Å². The third-order valence-corrected chi connectivity index (χ3v) is 5.12. The first-order chi connectivity index (χ1) is 13.2. The summed E-state index contributed by atoms with van der Waals surface area (Å²) in [5.41, 5.74) is 2.28. The van der Waals surface area contributed by atoms with Crippen molar-refractivity contribution in [3.05, 3.63) is 72.3 Å². The van der Waals surface area contributed by atoms with Crippen molar-refractivity contribution in [2.45, 2.75) is 31.4 Å². The average Bonchev–Trinajstić information content (AvgIpc) is 3.20. The van der Waals surface area contributed by atoms with Crippen LogP contribution in [0.25, 0.3) is 11.4 Å². The van der Waals surface area contributed by atoms with Gasteiger partial charge in [-0.25, -0.2) is 4.98 Å². The van der Waals surface area contributed by atoms with E-state index in [1.165, 1.54) is 0 Å². The van der Waals surface area contributed by atoms with Crippen LogP contribution in [0.3, 0.4) is 0 Å². The lowest BCUT2D eigenvalue weighted by molar-refractivity contribution is 0.0238. The zero-order valence-corrected chi connectivity index (χ0v) is 14.9. The van der Waals surface area contributed by atoms with Crippen LogP contribution in [-0.2, 0) is 6.42 Å². The topological polar surface area (TPSA) is 90.9 Å². The first-order valence-corrected chi connectivity index (χ1v) is 9.18. The van der Waals surface area contributed by atoms with E-state index >= 15 is 0 Å². The maximum atomic E-state index is 13.1. The number of imidazole rings is 1. The molecule has 27 heavy (non-hydrogen) atoms. The van der Waals surface area contributed by atoms with E-state index in [4.69, 9.17) is 0 Å². The molecule has 4 rings (SSSR count). The number of pyridine rings is 1. The van der Waals surface area contributed by atoms with Gasteiger partial charge in [-0.05, 0) is 37.0 Å². The van der Waals surface area contributed by atoms with Crippen molar-refractivity contribution in [1.29, 1.82) is 0 Å². The highest BCUT2D eigenvalue weighted by atomic mass is 16.3. The van der Waals surface area contributed by atoms with Gasteiger partial charge in [0.05, 0.1) is 11.7 Å². The summed E-state index contributed by atoms with van der Waals surface area (Å²) in [5.74, 6) is 0.784. The molecule has 138 valence electrons. The number of H-pyrrole nitrogens is 1. The second kappa shape index (κ2) is 7.72. The number of aliphatic hydroxyl groups is 1. The summed E-state index contributed by atoms with van der Waals surface area (Å²) in [6.45, 7) is 0. The van der Waals surface area contributed by atoms with Crippen molar-refractivity contribution in [3.8, 4) is 11.4 Å². The van der Waals surface area contributed by atoms with Gasteiger partial charge < -0.3 is 15.4 Å². The fourth-order valence-corrected chi connectivity index (χ4v) is 3.58. The van der Waals surface area contributed by atoms with E-state index in [-0.39, 0.29) is 24.0 Å². The van der Waals surface area contributed by atoms with Crippen LogP contribution in [-0.4, -0.2) is 38.1 Å².